The third-order valence-electron chi connectivity index (χ3n) is 1.86. The molecule has 4 heteroatoms. The van der Waals surface area contributed by atoms with Gasteiger partial charge in [0.1, 0.15) is 0 Å². The van der Waals surface area contributed by atoms with Crippen molar-refractivity contribution < 1.29 is 4.79 Å². The van der Waals surface area contributed by atoms with Crippen LogP contribution in [-0.4, -0.2) is 20.7 Å². The molecule has 2 heterocycles. The minimum atomic E-state index is -0.123. The van der Waals surface area contributed by atoms with Crippen LogP contribution in [0.1, 0.15) is 17.5 Å². The molecule has 4 nitrogen and oxygen atoms in total. The molecule has 0 aliphatic carbocycles. The van der Waals surface area contributed by atoms with Crippen LogP contribution < -0.4 is 0 Å². The van der Waals surface area contributed by atoms with Gasteiger partial charge in [0.2, 0.25) is 0 Å². The van der Waals surface area contributed by atoms with Gasteiger partial charge in [-0.05, 0) is 12.1 Å². The smallest absolute Gasteiger partial charge is 0.196 e. The fourth-order valence-corrected chi connectivity index (χ4v) is 1.17. The van der Waals surface area contributed by atoms with Gasteiger partial charge in [-0.1, -0.05) is 0 Å². The molecule has 0 fully saturated rings. The highest BCUT2D eigenvalue weighted by atomic mass is 16.1. The number of aromatic nitrogens is 3. The first-order valence-corrected chi connectivity index (χ1v) is 4.24. The summed E-state index contributed by atoms with van der Waals surface area (Å²) < 4.78 is 0. The quantitative estimate of drug-likeness (QED) is 0.727. The highest BCUT2D eigenvalue weighted by Crippen LogP contribution is 2.14. The lowest BCUT2D eigenvalue weighted by Crippen LogP contribution is -2.00. The minimum Gasteiger partial charge on any atom is -0.367 e. The van der Waals surface area contributed by atoms with Crippen molar-refractivity contribution in [2.75, 3.05) is 0 Å². The lowest BCUT2D eigenvalue weighted by molar-refractivity contribution is 0.100. The molecule has 2 aromatic rings. The van der Waals surface area contributed by atoms with Crippen LogP contribution >= 0.6 is 0 Å². The molecule has 0 saturated heterocycles. The van der Waals surface area contributed by atoms with Crippen molar-refractivity contribution in [1.29, 1.82) is 0 Å². The van der Waals surface area contributed by atoms with Crippen LogP contribution in [0.2, 0.25) is 0 Å². The Morgan fingerprint density at radius 1 is 1.43 bits per heavy atom. The van der Waals surface area contributed by atoms with E-state index < -0.39 is 0 Å². The fraction of sp³-hybridized carbons (Fsp3) is 0.100. The van der Waals surface area contributed by atoms with Crippen molar-refractivity contribution in [2.24, 2.45) is 0 Å². The van der Waals surface area contributed by atoms with Crippen molar-refractivity contribution in [3.8, 4) is 11.3 Å². The molecule has 0 saturated carbocycles. The molecule has 0 bridgehead atoms. The lowest BCUT2D eigenvalue weighted by atomic mass is 10.2. The fourth-order valence-electron chi connectivity index (χ4n) is 1.17. The molecule has 0 aliphatic heterocycles. The maximum absolute atomic E-state index is 11.0. The summed E-state index contributed by atoms with van der Waals surface area (Å²) in [6.07, 6.45) is 5.23. The van der Waals surface area contributed by atoms with Gasteiger partial charge in [-0.15, -0.1) is 0 Å². The maximum atomic E-state index is 11.0. The number of carbonyl (C=O) groups excluding carboxylic acids is 1. The number of nitrogens with one attached hydrogen (secondary N) is 1. The SMILES string of the molecule is CC(=O)c1nccc(-c2cc[nH]c2)n1. The third-order valence-corrected chi connectivity index (χ3v) is 1.86. The number of Topliss-reactive ketones (excluding diaryl/α,β-unsaturated/α-hetero) is 1. The number of aromatic amines is 1. The van der Waals surface area contributed by atoms with Gasteiger partial charge in [0, 0.05) is 31.1 Å². The third kappa shape index (κ3) is 1.54. The van der Waals surface area contributed by atoms with Crippen molar-refractivity contribution in [1.82, 2.24) is 15.0 Å². The zero-order valence-electron chi connectivity index (χ0n) is 7.69. The first kappa shape index (κ1) is 8.62. The van der Waals surface area contributed by atoms with E-state index in [2.05, 4.69) is 15.0 Å². The summed E-state index contributed by atoms with van der Waals surface area (Å²) in [5, 5.41) is 0. The number of rotatable bonds is 2. The van der Waals surface area contributed by atoms with Crippen molar-refractivity contribution in [3.05, 3.63) is 36.5 Å². The standard InChI is InChI=1S/C10H9N3O/c1-7(14)10-12-5-3-9(13-10)8-2-4-11-6-8/h2-6,11H,1H3. The monoisotopic (exact) mass is 187 g/mol. The highest BCUT2D eigenvalue weighted by Gasteiger charge is 2.05. The second-order valence-corrected chi connectivity index (χ2v) is 2.92. The van der Waals surface area contributed by atoms with Crippen LogP contribution in [-0.2, 0) is 0 Å². The van der Waals surface area contributed by atoms with Gasteiger partial charge < -0.3 is 4.98 Å². The average Bonchev–Trinajstić information content (AvgIpc) is 2.71. The predicted molar refractivity (Wildman–Crippen MR) is 51.8 cm³/mol. The molecule has 0 spiro atoms. The molecule has 0 radical (unpaired) electrons. The largest absolute Gasteiger partial charge is 0.367 e. The number of hydrogen-bond donors (Lipinski definition) is 1. The molecule has 0 amide bonds. The van der Waals surface area contributed by atoms with E-state index in [0.29, 0.717) is 0 Å². The van der Waals surface area contributed by atoms with Gasteiger partial charge in [0.15, 0.2) is 11.6 Å². The van der Waals surface area contributed by atoms with Gasteiger partial charge in [0.25, 0.3) is 0 Å². The van der Waals surface area contributed by atoms with Crippen molar-refractivity contribution in [3.63, 3.8) is 0 Å². The second-order valence-electron chi connectivity index (χ2n) is 2.92. The van der Waals surface area contributed by atoms with E-state index >= 15 is 0 Å². The molecular weight excluding hydrogens is 178 g/mol. The number of H-pyrrole nitrogens is 1. The summed E-state index contributed by atoms with van der Waals surface area (Å²) in [4.78, 5) is 22.0. The number of nitrogens with zero attached hydrogens (tertiary/aromatic N) is 2. The van der Waals surface area contributed by atoms with Crippen LogP contribution in [0.3, 0.4) is 0 Å². The summed E-state index contributed by atoms with van der Waals surface area (Å²) in [6, 6.07) is 3.67. The van der Waals surface area contributed by atoms with E-state index in [0.717, 1.165) is 11.3 Å². The van der Waals surface area contributed by atoms with Crippen LogP contribution in [0.4, 0.5) is 0 Å². The zero-order valence-corrected chi connectivity index (χ0v) is 7.69. The van der Waals surface area contributed by atoms with Crippen molar-refractivity contribution in [2.45, 2.75) is 6.92 Å². The van der Waals surface area contributed by atoms with Crippen molar-refractivity contribution >= 4 is 5.78 Å². The molecule has 14 heavy (non-hydrogen) atoms. The van der Waals surface area contributed by atoms with E-state index in [1.54, 1.807) is 12.3 Å². The Balaban J connectivity index is 2.46. The summed E-state index contributed by atoms with van der Waals surface area (Å²) in [7, 11) is 0. The summed E-state index contributed by atoms with van der Waals surface area (Å²) >= 11 is 0. The number of hydrogen-bond acceptors (Lipinski definition) is 3. The molecule has 0 unspecified atom stereocenters. The Hall–Kier alpha value is -1.97. The van der Waals surface area contributed by atoms with Crippen LogP contribution in [0.5, 0.6) is 0 Å². The van der Waals surface area contributed by atoms with E-state index in [1.807, 2.05) is 18.5 Å². The Bertz CT molecular complexity index is 448. The number of ketones is 1. The normalized spacial score (nSPS) is 10.1. The average molecular weight is 187 g/mol. The molecule has 0 atom stereocenters. The maximum Gasteiger partial charge on any atom is 0.196 e. The van der Waals surface area contributed by atoms with Crippen LogP contribution in [0.15, 0.2) is 30.7 Å². The highest BCUT2D eigenvalue weighted by molar-refractivity contribution is 5.90. The van der Waals surface area contributed by atoms with E-state index in [9.17, 15) is 4.79 Å². The van der Waals surface area contributed by atoms with E-state index in [1.165, 1.54) is 6.92 Å². The van der Waals surface area contributed by atoms with Gasteiger partial charge >= 0.3 is 0 Å². The molecule has 2 rings (SSSR count). The first-order chi connectivity index (χ1) is 6.77. The molecule has 2 aromatic heterocycles. The Kier molecular flexibility index (Phi) is 2.10. The topological polar surface area (TPSA) is 58.6 Å². The van der Waals surface area contributed by atoms with Gasteiger partial charge in [-0.3, -0.25) is 4.79 Å². The first-order valence-electron chi connectivity index (χ1n) is 4.24. The molecule has 70 valence electrons. The van der Waals surface area contributed by atoms with Gasteiger partial charge in [-0.25, -0.2) is 9.97 Å². The molecular formula is C10H9N3O. The van der Waals surface area contributed by atoms with E-state index in [-0.39, 0.29) is 11.6 Å². The predicted octanol–water partition coefficient (Wildman–Crippen LogP) is 1.67. The lowest BCUT2D eigenvalue weighted by Gasteiger charge is -1.97. The number of carbonyl (C=O) groups is 1. The van der Waals surface area contributed by atoms with Gasteiger partial charge in [-0.2, -0.15) is 0 Å². The van der Waals surface area contributed by atoms with E-state index in [4.69, 9.17) is 0 Å². The summed E-state index contributed by atoms with van der Waals surface area (Å²) in [5.74, 6) is 0.131. The second kappa shape index (κ2) is 3.41. The minimum absolute atomic E-state index is 0.123. The van der Waals surface area contributed by atoms with Gasteiger partial charge in [0.05, 0.1) is 5.69 Å². The van der Waals surface area contributed by atoms with Crippen LogP contribution in [0, 0.1) is 0 Å². The Morgan fingerprint density at radius 3 is 2.93 bits per heavy atom. The Morgan fingerprint density at radius 2 is 2.29 bits per heavy atom. The molecule has 1 N–H and O–H groups in total. The summed E-state index contributed by atoms with van der Waals surface area (Å²) in [6.45, 7) is 1.45. The molecule has 0 aliphatic rings. The Labute approximate surface area is 81.0 Å². The zero-order chi connectivity index (χ0) is 9.97. The molecule has 0 aromatic carbocycles. The van der Waals surface area contributed by atoms with Crippen LogP contribution in [0.25, 0.3) is 11.3 Å². The summed E-state index contributed by atoms with van der Waals surface area (Å²) in [5.41, 5.74) is 1.71.